The van der Waals surface area contributed by atoms with E-state index in [9.17, 15) is 30.0 Å². The Balaban J connectivity index is 2.34. The topological polar surface area (TPSA) is 152 Å². The second-order valence-electron chi connectivity index (χ2n) is 15.2. The summed E-state index contributed by atoms with van der Waals surface area (Å²) < 4.78 is 22.1. The van der Waals surface area contributed by atoms with Crippen LogP contribution in [0.1, 0.15) is 194 Å². The van der Waals surface area contributed by atoms with Gasteiger partial charge < -0.3 is 39.4 Å². The molecule has 0 spiro atoms. The number of allylic oxidation sites excluding steroid dienone is 2. The Morgan fingerprint density at radius 3 is 1.49 bits per heavy atom. The van der Waals surface area contributed by atoms with Crippen molar-refractivity contribution in [1.29, 1.82) is 0 Å². The van der Waals surface area contributed by atoms with Crippen LogP contribution in [0.4, 0.5) is 0 Å². The molecular weight excluding hydrogens is 676 g/mol. The molecule has 0 amide bonds. The van der Waals surface area contributed by atoms with Gasteiger partial charge in [-0.2, -0.15) is 0 Å². The van der Waals surface area contributed by atoms with Crippen molar-refractivity contribution in [1.82, 2.24) is 0 Å². The van der Waals surface area contributed by atoms with Crippen LogP contribution in [0.5, 0.6) is 0 Å². The molecule has 6 atom stereocenters. The lowest BCUT2D eigenvalue weighted by atomic mass is 9.99. The Morgan fingerprint density at radius 1 is 0.566 bits per heavy atom. The highest BCUT2D eigenvalue weighted by atomic mass is 16.7. The van der Waals surface area contributed by atoms with Gasteiger partial charge in [0.15, 0.2) is 12.4 Å². The van der Waals surface area contributed by atoms with Crippen LogP contribution in [0.3, 0.4) is 0 Å². The predicted octanol–water partition coefficient (Wildman–Crippen LogP) is 8.78. The van der Waals surface area contributed by atoms with E-state index >= 15 is 0 Å². The molecule has 4 N–H and O–H groups in total. The zero-order valence-electron chi connectivity index (χ0n) is 33.8. The van der Waals surface area contributed by atoms with Crippen LogP contribution in [-0.2, 0) is 28.5 Å². The molecule has 0 unspecified atom stereocenters. The first-order valence-corrected chi connectivity index (χ1v) is 21.8. The van der Waals surface area contributed by atoms with E-state index in [4.69, 9.17) is 18.9 Å². The van der Waals surface area contributed by atoms with E-state index in [0.717, 1.165) is 44.9 Å². The van der Waals surface area contributed by atoms with Crippen molar-refractivity contribution in [3.63, 3.8) is 0 Å². The Bertz CT molecular complexity index is 881. The van der Waals surface area contributed by atoms with E-state index in [-0.39, 0.29) is 32.0 Å². The van der Waals surface area contributed by atoms with Crippen molar-refractivity contribution < 1.29 is 49.0 Å². The summed E-state index contributed by atoms with van der Waals surface area (Å²) in [6.45, 7) is 3.41. The number of carbonyl (C=O) groups is 2. The molecule has 312 valence electrons. The Hall–Kier alpha value is -1.56. The molecule has 1 heterocycles. The van der Waals surface area contributed by atoms with Gasteiger partial charge in [-0.05, 0) is 38.5 Å². The molecule has 10 heteroatoms. The van der Waals surface area contributed by atoms with E-state index in [1.165, 1.54) is 116 Å². The lowest BCUT2D eigenvalue weighted by molar-refractivity contribution is -0.305. The normalized spacial score (nSPS) is 20.9. The number of hydrogen-bond acceptors (Lipinski definition) is 10. The van der Waals surface area contributed by atoms with Crippen LogP contribution in [0.25, 0.3) is 0 Å². The number of aliphatic hydroxyl groups is 4. The minimum atomic E-state index is -1.59. The van der Waals surface area contributed by atoms with Gasteiger partial charge in [0.1, 0.15) is 31.0 Å². The van der Waals surface area contributed by atoms with Gasteiger partial charge in [-0.25, -0.2) is 0 Å². The number of ether oxygens (including phenoxy) is 4. The number of carbonyl (C=O) groups excluding carboxylic acids is 2. The first kappa shape index (κ1) is 49.5. The zero-order chi connectivity index (χ0) is 38.8. The van der Waals surface area contributed by atoms with E-state index in [1.807, 2.05) is 0 Å². The molecule has 53 heavy (non-hydrogen) atoms. The monoisotopic (exact) mass is 757 g/mol. The first-order valence-electron chi connectivity index (χ1n) is 21.8. The van der Waals surface area contributed by atoms with Crippen molar-refractivity contribution in [3.8, 4) is 0 Å². The maximum absolute atomic E-state index is 12.7. The van der Waals surface area contributed by atoms with Crippen LogP contribution in [0.15, 0.2) is 12.2 Å². The number of rotatable bonds is 36. The molecule has 1 aliphatic rings. The first-order chi connectivity index (χ1) is 25.8. The van der Waals surface area contributed by atoms with Crippen molar-refractivity contribution in [2.75, 3.05) is 19.8 Å². The summed E-state index contributed by atoms with van der Waals surface area (Å²) in [7, 11) is 0. The van der Waals surface area contributed by atoms with Crippen LogP contribution in [0.2, 0.25) is 0 Å². The lowest BCUT2D eigenvalue weighted by Crippen LogP contribution is -2.59. The highest BCUT2D eigenvalue weighted by Gasteiger charge is 2.44. The Morgan fingerprint density at radius 2 is 1.00 bits per heavy atom. The van der Waals surface area contributed by atoms with E-state index < -0.39 is 49.4 Å². The quantitative estimate of drug-likeness (QED) is 0.0277. The third-order valence-electron chi connectivity index (χ3n) is 10.2. The molecule has 1 fully saturated rings. The highest BCUT2D eigenvalue weighted by Crippen LogP contribution is 2.22. The summed E-state index contributed by atoms with van der Waals surface area (Å²) in [4.78, 5) is 25.3. The van der Waals surface area contributed by atoms with E-state index in [1.54, 1.807) is 0 Å². The molecule has 0 aromatic heterocycles. The van der Waals surface area contributed by atoms with Crippen LogP contribution in [-0.4, -0.2) is 89.0 Å². The summed E-state index contributed by atoms with van der Waals surface area (Å²) >= 11 is 0. The second kappa shape index (κ2) is 34.9. The van der Waals surface area contributed by atoms with Crippen LogP contribution < -0.4 is 0 Å². The average Bonchev–Trinajstić information content (AvgIpc) is 3.15. The van der Waals surface area contributed by atoms with Crippen molar-refractivity contribution in [3.05, 3.63) is 12.2 Å². The number of esters is 2. The Kier molecular flexibility index (Phi) is 32.6. The van der Waals surface area contributed by atoms with Gasteiger partial charge in [-0.3, -0.25) is 9.59 Å². The molecule has 1 rings (SSSR count). The SMILES string of the molecule is CCCCCCCC/C=C\CCCCCC(=O)O[C@H](COC(=O)CCCCCCCCCCCCCCCCC)CO[C@@H]1O[C@H](CO)[C@H](O)[C@H](O)[C@H]1O. The highest BCUT2D eigenvalue weighted by molar-refractivity contribution is 5.70. The van der Waals surface area contributed by atoms with Crippen molar-refractivity contribution >= 4 is 11.9 Å². The molecular formula is C43H80O10. The fourth-order valence-corrected chi connectivity index (χ4v) is 6.65. The van der Waals surface area contributed by atoms with E-state index in [0.29, 0.717) is 6.42 Å². The van der Waals surface area contributed by atoms with Crippen molar-refractivity contribution in [2.45, 2.75) is 230 Å². The fraction of sp³-hybridized carbons (Fsp3) is 0.907. The molecule has 0 aliphatic carbocycles. The standard InChI is InChI=1S/C43H80O10/c1-3-5-7-9-11-13-15-17-18-20-21-23-25-27-29-31-38(45)50-34-36(35-51-43-42(49)41(48)40(47)37(33-44)53-43)52-39(46)32-30-28-26-24-22-19-16-14-12-10-8-6-4-2/h19,22,36-37,40-44,47-49H,3-18,20-21,23-35H2,1-2H3/b22-19-/t36-,37-,40+,41+,42-,43-/m1/s1. The molecule has 1 aliphatic heterocycles. The maximum atomic E-state index is 12.7. The minimum Gasteiger partial charge on any atom is -0.462 e. The summed E-state index contributed by atoms with van der Waals surface area (Å²) in [5, 5.41) is 40.0. The zero-order valence-corrected chi connectivity index (χ0v) is 33.8. The predicted molar refractivity (Wildman–Crippen MR) is 210 cm³/mol. The number of aliphatic hydroxyl groups excluding tert-OH is 4. The van der Waals surface area contributed by atoms with E-state index in [2.05, 4.69) is 26.0 Å². The smallest absolute Gasteiger partial charge is 0.306 e. The molecule has 0 bridgehead atoms. The summed E-state index contributed by atoms with van der Waals surface area (Å²) in [5.41, 5.74) is 0. The third kappa shape index (κ3) is 26.8. The summed E-state index contributed by atoms with van der Waals surface area (Å²) in [6.07, 6.45) is 27.9. The number of hydrogen-bond donors (Lipinski definition) is 4. The van der Waals surface area contributed by atoms with Gasteiger partial charge in [0.05, 0.1) is 13.2 Å². The van der Waals surface area contributed by atoms with Crippen molar-refractivity contribution in [2.24, 2.45) is 0 Å². The fourth-order valence-electron chi connectivity index (χ4n) is 6.65. The van der Waals surface area contributed by atoms with Gasteiger partial charge in [0.25, 0.3) is 0 Å². The maximum Gasteiger partial charge on any atom is 0.306 e. The summed E-state index contributed by atoms with van der Waals surface area (Å²) in [5.74, 6) is -0.817. The molecule has 10 nitrogen and oxygen atoms in total. The molecule has 0 saturated carbocycles. The molecule has 0 radical (unpaired) electrons. The van der Waals surface area contributed by atoms with Gasteiger partial charge >= 0.3 is 11.9 Å². The van der Waals surface area contributed by atoms with Gasteiger partial charge in [-0.1, -0.05) is 154 Å². The van der Waals surface area contributed by atoms with Crippen LogP contribution in [0, 0.1) is 0 Å². The van der Waals surface area contributed by atoms with Gasteiger partial charge in [0.2, 0.25) is 0 Å². The van der Waals surface area contributed by atoms with Gasteiger partial charge in [-0.15, -0.1) is 0 Å². The number of unbranched alkanes of at least 4 members (excludes halogenated alkanes) is 23. The Labute approximate surface area is 322 Å². The molecule has 0 aromatic carbocycles. The van der Waals surface area contributed by atoms with Crippen LogP contribution >= 0.6 is 0 Å². The summed E-state index contributed by atoms with van der Waals surface area (Å²) in [6, 6.07) is 0. The van der Waals surface area contributed by atoms with Gasteiger partial charge in [0, 0.05) is 12.8 Å². The largest absolute Gasteiger partial charge is 0.462 e. The minimum absolute atomic E-state index is 0.213. The molecule has 0 aromatic rings. The average molecular weight is 757 g/mol. The third-order valence-corrected chi connectivity index (χ3v) is 10.2. The second-order valence-corrected chi connectivity index (χ2v) is 15.2. The lowest BCUT2D eigenvalue weighted by Gasteiger charge is -2.39. The molecule has 1 saturated heterocycles.